The maximum absolute atomic E-state index is 4.72. The summed E-state index contributed by atoms with van der Waals surface area (Å²) >= 11 is 3.31. The maximum atomic E-state index is 4.72. The third-order valence-corrected chi connectivity index (χ3v) is 1.82. The minimum atomic E-state index is 0.533. The number of nitrogens with zero attached hydrogens (tertiary/aromatic N) is 1. The van der Waals surface area contributed by atoms with Gasteiger partial charge in [0, 0.05) is 22.8 Å². The first-order chi connectivity index (χ1) is 5.83. The second kappa shape index (κ2) is 5.24. The SMILES string of the molecule is COOCCc1ccc(Br)cn1. The Morgan fingerprint density at radius 3 is 2.92 bits per heavy atom. The molecule has 1 aromatic heterocycles. The van der Waals surface area contributed by atoms with E-state index in [1.165, 1.54) is 7.11 Å². The van der Waals surface area contributed by atoms with Crippen molar-refractivity contribution < 1.29 is 9.78 Å². The minimum Gasteiger partial charge on any atom is -0.260 e. The van der Waals surface area contributed by atoms with Gasteiger partial charge in [-0.15, -0.1) is 0 Å². The molecular weight excluding hydrogens is 222 g/mol. The van der Waals surface area contributed by atoms with Crippen LogP contribution < -0.4 is 0 Å². The average Bonchev–Trinajstić information content (AvgIpc) is 2.09. The molecule has 66 valence electrons. The molecule has 0 bridgehead atoms. The quantitative estimate of drug-likeness (QED) is 0.451. The lowest BCUT2D eigenvalue weighted by Gasteiger charge is -1.99. The summed E-state index contributed by atoms with van der Waals surface area (Å²) in [6.45, 7) is 0.533. The van der Waals surface area contributed by atoms with E-state index in [2.05, 4.69) is 25.8 Å². The first-order valence-electron chi connectivity index (χ1n) is 3.59. The first kappa shape index (κ1) is 9.64. The molecule has 0 aliphatic rings. The van der Waals surface area contributed by atoms with Crippen molar-refractivity contribution in [1.29, 1.82) is 0 Å². The Morgan fingerprint density at radius 1 is 1.50 bits per heavy atom. The van der Waals surface area contributed by atoms with Gasteiger partial charge in [0.1, 0.15) is 0 Å². The van der Waals surface area contributed by atoms with E-state index in [0.717, 1.165) is 16.6 Å². The Bertz CT molecular complexity index is 225. The van der Waals surface area contributed by atoms with E-state index in [4.69, 9.17) is 4.89 Å². The van der Waals surface area contributed by atoms with Crippen molar-refractivity contribution in [1.82, 2.24) is 4.98 Å². The summed E-state index contributed by atoms with van der Waals surface area (Å²) in [6, 6.07) is 3.90. The maximum Gasteiger partial charge on any atom is 0.0877 e. The molecule has 0 fully saturated rings. The Morgan fingerprint density at radius 2 is 2.33 bits per heavy atom. The lowest BCUT2D eigenvalue weighted by molar-refractivity contribution is -0.271. The molecule has 0 saturated carbocycles. The van der Waals surface area contributed by atoms with Crippen molar-refractivity contribution in [3.8, 4) is 0 Å². The zero-order chi connectivity index (χ0) is 8.81. The van der Waals surface area contributed by atoms with Crippen molar-refractivity contribution in [2.24, 2.45) is 0 Å². The average molecular weight is 232 g/mol. The smallest absolute Gasteiger partial charge is 0.0877 e. The standard InChI is InChI=1S/C8H10BrNO2/c1-11-12-5-4-8-3-2-7(9)6-10-8/h2-3,6H,4-5H2,1H3. The van der Waals surface area contributed by atoms with Crippen molar-refractivity contribution in [2.75, 3.05) is 13.7 Å². The molecular formula is C8H10BrNO2. The molecule has 3 nitrogen and oxygen atoms in total. The van der Waals surface area contributed by atoms with Gasteiger partial charge in [0.2, 0.25) is 0 Å². The monoisotopic (exact) mass is 231 g/mol. The summed E-state index contributed by atoms with van der Waals surface area (Å²) in [7, 11) is 1.50. The van der Waals surface area contributed by atoms with Crippen LogP contribution in [-0.2, 0) is 16.2 Å². The zero-order valence-corrected chi connectivity index (χ0v) is 8.37. The Balaban J connectivity index is 2.37. The van der Waals surface area contributed by atoms with Gasteiger partial charge in [-0.2, -0.15) is 0 Å². The molecule has 1 heterocycles. The Hall–Kier alpha value is -0.450. The van der Waals surface area contributed by atoms with Gasteiger partial charge in [-0.1, -0.05) is 0 Å². The highest BCUT2D eigenvalue weighted by atomic mass is 79.9. The largest absolute Gasteiger partial charge is 0.260 e. The summed E-state index contributed by atoms with van der Waals surface area (Å²) in [6.07, 6.45) is 2.53. The lowest BCUT2D eigenvalue weighted by Crippen LogP contribution is -1.98. The van der Waals surface area contributed by atoms with Crippen molar-refractivity contribution in [3.05, 3.63) is 28.5 Å². The third kappa shape index (κ3) is 3.30. The molecule has 0 unspecified atom stereocenters. The fraction of sp³-hybridized carbons (Fsp3) is 0.375. The third-order valence-electron chi connectivity index (χ3n) is 1.35. The van der Waals surface area contributed by atoms with Crippen LogP contribution in [0.3, 0.4) is 0 Å². The van der Waals surface area contributed by atoms with E-state index < -0.39 is 0 Å². The highest BCUT2D eigenvalue weighted by molar-refractivity contribution is 9.10. The van der Waals surface area contributed by atoms with Crippen LogP contribution in [-0.4, -0.2) is 18.7 Å². The van der Waals surface area contributed by atoms with Crippen LogP contribution in [0.4, 0.5) is 0 Å². The van der Waals surface area contributed by atoms with Gasteiger partial charge < -0.3 is 0 Å². The number of aromatic nitrogens is 1. The summed E-state index contributed by atoms with van der Waals surface area (Å²) < 4.78 is 0.985. The van der Waals surface area contributed by atoms with Crippen LogP contribution in [0.1, 0.15) is 5.69 Å². The summed E-state index contributed by atoms with van der Waals surface area (Å²) in [4.78, 5) is 13.3. The molecule has 4 heteroatoms. The van der Waals surface area contributed by atoms with Crippen LogP contribution in [0.15, 0.2) is 22.8 Å². The number of rotatable bonds is 4. The van der Waals surface area contributed by atoms with Crippen LogP contribution in [0.2, 0.25) is 0 Å². The number of pyridine rings is 1. The van der Waals surface area contributed by atoms with E-state index in [9.17, 15) is 0 Å². The van der Waals surface area contributed by atoms with Crippen molar-refractivity contribution in [3.63, 3.8) is 0 Å². The summed E-state index contributed by atoms with van der Waals surface area (Å²) in [5.74, 6) is 0. The van der Waals surface area contributed by atoms with Gasteiger partial charge in [0.25, 0.3) is 0 Å². The van der Waals surface area contributed by atoms with Gasteiger partial charge in [-0.05, 0) is 28.1 Å². The molecule has 0 spiro atoms. The Labute approximate surface area is 79.8 Å². The summed E-state index contributed by atoms with van der Waals surface area (Å²) in [5.41, 5.74) is 0.996. The lowest BCUT2D eigenvalue weighted by atomic mass is 10.3. The molecule has 1 aromatic rings. The van der Waals surface area contributed by atoms with E-state index in [-0.39, 0.29) is 0 Å². The molecule has 0 aliphatic heterocycles. The van der Waals surface area contributed by atoms with Gasteiger partial charge in [0.05, 0.1) is 13.7 Å². The zero-order valence-electron chi connectivity index (χ0n) is 6.79. The molecule has 0 atom stereocenters. The van der Waals surface area contributed by atoms with Gasteiger partial charge >= 0.3 is 0 Å². The van der Waals surface area contributed by atoms with E-state index in [0.29, 0.717) is 6.61 Å². The molecule has 0 aliphatic carbocycles. The van der Waals surface area contributed by atoms with Crippen LogP contribution >= 0.6 is 15.9 Å². The predicted molar refractivity (Wildman–Crippen MR) is 48.6 cm³/mol. The van der Waals surface area contributed by atoms with Crippen molar-refractivity contribution >= 4 is 15.9 Å². The molecule has 1 rings (SSSR count). The van der Waals surface area contributed by atoms with E-state index in [1.807, 2.05) is 12.1 Å². The highest BCUT2D eigenvalue weighted by Gasteiger charge is 1.94. The number of halogens is 1. The fourth-order valence-corrected chi connectivity index (χ4v) is 1.02. The van der Waals surface area contributed by atoms with E-state index >= 15 is 0 Å². The molecule has 0 amide bonds. The highest BCUT2D eigenvalue weighted by Crippen LogP contribution is 2.07. The Kier molecular flexibility index (Phi) is 4.21. The van der Waals surface area contributed by atoms with Gasteiger partial charge in [-0.25, -0.2) is 9.78 Å². The van der Waals surface area contributed by atoms with Crippen molar-refractivity contribution in [2.45, 2.75) is 6.42 Å². The predicted octanol–water partition coefficient (Wildman–Crippen LogP) is 1.96. The topological polar surface area (TPSA) is 31.4 Å². The van der Waals surface area contributed by atoms with Gasteiger partial charge in [-0.3, -0.25) is 4.98 Å². The van der Waals surface area contributed by atoms with Crippen LogP contribution in [0, 0.1) is 0 Å². The fourth-order valence-electron chi connectivity index (χ4n) is 0.784. The molecule has 12 heavy (non-hydrogen) atoms. The molecule has 0 aromatic carbocycles. The number of hydrogen-bond acceptors (Lipinski definition) is 3. The molecule has 0 saturated heterocycles. The van der Waals surface area contributed by atoms with Gasteiger partial charge in [0.15, 0.2) is 0 Å². The normalized spacial score (nSPS) is 10.2. The number of hydrogen-bond donors (Lipinski definition) is 0. The first-order valence-corrected chi connectivity index (χ1v) is 4.38. The second-order valence-electron chi connectivity index (χ2n) is 2.21. The molecule has 0 N–H and O–H groups in total. The van der Waals surface area contributed by atoms with Crippen LogP contribution in [0.25, 0.3) is 0 Å². The van der Waals surface area contributed by atoms with Crippen LogP contribution in [0.5, 0.6) is 0 Å². The minimum absolute atomic E-state index is 0.533. The van der Waals surface area contributed by atoms with E-state index in [1.54, 1.807) is 6.20 Å². The summed E-state index contributed by atoms with van der Waals surface area (Å²) in [5, 5.41) is 0. The molecule has 0 radical (unpaired) electrons. The second-order valence-corrected chi connectivity index (χ2v) is 3.12.